The lowest BCUT2D eigenvalue weighted by molar-refractivity contribution is -0.149. The number of aliphatic imine (C=N–C) groups is 1. The minimum atomic E-state index is -0.0656. The fourth-order valence-corrected chi connectivity index (χ4v) is 4.14. The lowest BCUT2D eigenvalue weighted by Crippen LogP contribution is -2.47. The third-order valence-corrected chi connectivity index (χ3v) is 6.03. The van der Waals surface area contributed by atoms with Crippen LogP contribution in [0.15, 0.2) is 23.3 Å². The van der Waals surface area contributed by atoms with Crippen molar-refractivity contribution < 1.29 is 9.53 Å². The summed E-state index contributed by atoms with van der Waals surface area (Å²) in [5, 5.41) is 3.48. The Bertz CT molecular complexity index is 709. The molecule has 1 N–H and O–H groups in total. The summed E-state index contributed by atoms with van der Waals surface area (Å²) in [6.45, 7) is 12.2. The largest absolute Gasteiger partial charge is 0.466 e. The molecule has 3 heterocycles. The highest BCUT2D eigenvalue weighted by molar-refractivity contribution is 5.80. The molecule has 0 unspecified atom stereocenters. The Morgan fingerprint density at radius 3 is 2.57 bits per heavy atom. The third-order valence-electron chi connectivity index (χ3n) is 6.03. The minimum absolute atomic E-state index is 0.00948. The van der Waals surface area contributed by atoms with E-state index in [1.165, 1.54) is 5.56 Å². The summed E-state index contributed by atoms with van der Waals surface area (Å²) in [4.78, 5) is 28.0. The van der Waals surface area contributed by atoms with Crippen LogP contribution >= 0.6 is 0 Å². The first-order chi connectivity index (χ1) is 14.6. The number of rotatable bonds is 6. The zero-order valence-electron chi connectivity index (χ0n) is 18.6. The van der Waals surface area contributed by atoms with Crippen LogP contribution in [-0.2, 0) is 16.1 Å². The third kappa shape index (κ3) is 5.84. The zero-order chi connectivity index (χ0) is 21.3. The average Bonchev–Trinajstić information content (AvgIpc) is 2.80. The van der Waals surface area contributed by atoms with Crippen molar-refractivity contribution in [3.63, 3.8) is 0 Å². The van der Waals surface area contributed by atoms with Gasteiger partial charge in [-0.1, -0.05) is 6.92 Å². The Morgan fingerprint density at radius 2 is 1.93 bits per heavy atom. The van der Waals surface area contributed by atoms with Crippen LogP contribution in [0, 0.1) is 5.92 Å². The second-order valence-electron chi connectivity index (χ2n) is 7.86. The molecule has 3 rings (SSSR count). The van der Waals surface area contributed by atoms with E-state index in [2.05, 4.69) is 49.0 Å². The Labute approximate surface area is 180 Å². The number of guanidine groups is 1. The zero-order valence-corrected chi connectivity index (χ0v) is 18.6. The monoisotopic (exact) mass is 416 g/mol. The molecule has 30 heavy (non-hydrogen) atoms. The van der Waals surface area contributed by atoms with Crippen molar-refractivity contribution in [3.05, 3.63) is 23.9 Å². The van der Waals surface area contributed by atoms with Gasteiger partial charge in [-0.05, 0) is 44.0 Å². The van der Waals surface area contributed by atoms with Crippen LogP contribution in [0.3, 0.4) is 0 Å². The van der Waals surface area contributed by atoms with E-state index in [4.69, 9.17) is 4.74 Å². The highest BCUT2D eigenvalue weighted by Gasteiger charge is 2.27. The normalized spacial score (nSPS) is 19.1. The van der Waals surface area contributed by atoms with E-state index in [1.807, 2.05) is 20.2 Å². The molecule has 2 saturated heterocycles. The fraction of sp³-hybridized carbons (Fsp3) is 0.682. The SMILES string of the molecule is CCOC(=O)C1CCN(C(=NC)NCc2ccnc(N3CCN(CC)CC3)c2)CC1. The summed E-state index contributed by atoms with van der Waals surface area (Å²) in [5.74, 6) is 1.88. The van der Waals surface area contributed by atoms with E-state index in [9.17, 15) is 4.79 Å². The summed E-state index contributed by atoms with van der Waals surface area (Å²) < 4.78 is 5.17. The van der Waals surface area contributed by atoms with E-state index < -0.39 is 0 Å². The van der Waals surface area contributed by atoms with Crippen LogP contribution in [0.4, 0.5) is 5.82 Å². The van der Waals surface area contributed by atoms with Crippen LogP contribution in [0.5, 0.6) is 0 Å². The summed E-state index contributed by atoms with van der Waals surface area (Å²) in [6, 6.07) is 4.23. The molecule has 166 valence electrons. The molecule has 2 fully saturated rings. The first kappa shape index (κ1) is 22.3. The number of likely N-dealkylation sites (N-methyl/N-ethyl adjacent to an activating group) is 1. The number of piperidine rings is 1. The number of nitrogens with one attached hydrogen (secondary N) is 1. The summed E-state index contributed by atoms with van der Waals surface area (Å²) in [5.41, 5.74) is 1.19. The smallest absolute Gasteiger partial charge is 0.309 e. The number of piperazine rings is 1. The van der Waals surface area contributed by atoms with E-state index in [0.29, 0.717) is 13.2 Å². The van der Waals surface area contributed by atoms with Crippen molar-refractivity contribution in [2.45, 2.75) is 33.2 Å². The van der Waals surface area contributed by atoms with Gasteiger partial charge in [0.1, 0.15) is 5.82 Å². The number of pyridine rings is 1. The summed E-state index contributed by atoms with van der Waals surface area (Å²) in [6.07, 6.45) is 3.51. The van der Waals surface area contributed by atoms with E-state index in [-0.39, 0.29) is 11.9 Å². The molecule has 0 spiro atoms. The maximum absolute atomic E-state index is 12.0. The molecule has 8 nitrogen and oxygen atoms in total. The number of hydrogen-bond donors (Lipinski definition) is 1. The first-order valence-electron chi connectivity index (χ1n) is 11.2. The number of anilines is 1. The predicted molar refractivity (Wildman–Crippen MR) is 120 cm³/mol. The van der Waals surface area contributed by atoms with Gasteiger partial charge in [0.25, 0.3) is 0 Å². The molecule has 1 aromatic heterocycles. The second kappa shape index (κ2) is 11.2. The molecule has 0 radical (unpaired) electrons. The van der Waals surface area contributed by atoms with Gasteiger partial charge in [0.05, 0.1) is 12.5 Å². The molecule has 1 aromatic rings. The Hall–Kier alpha value is -2.35. The van der Waals surface area contributed by atoms with Gasteiger partial charge in [0.2, 0.25) is 0 Å². The number of hydrogen-bond acceptors (Lipinski definition) is 6. The van der Waals surface area contributed by atoms with Gasteiger partial charge in [0.15, 0.2) is 5.96 Å². The predicted octanol–water partition coefficient (Wildman–Crippen LogP) is 1.57. The number of aromatic nitrogens is 1. The second-order valence-corrected chi connectivity index (χ2v) is 7.86. The molecule has 2 aliphatic heterocycles. The number of ether oxygens (including phenoxy) is 1. The molecule has 2 aliphatic rings. The Kier molecular flexibility index (Phi) is 8.30. The molecule has 0 aliphatic carbocycles. The van der Waals surface area contributed by atoms with Crippen molar-refractivity contribution in [2.24, 2.45) is 10.9 Å². The van der Waals surface area contributed by atoms with Gasteiger partial charge < -0.3 is 24.8 Å². The van der Waals surface area contributed by atoms with Gasteiger partial charge in [-0.2, -0.15) is 0 Å². The van der Waals surface area contributed by atoms with Gasteiger partial charge in [-0.3, -0.25) is 9.79 Å². The molecule has 0 bridgehead atoms. The van der Waals surface area contributed by atoms with Gasteiger partial charge in [0, 0.05) is 59.1 Å². The average molecular weight is 417 g/mol. The van der Waals surface area contributed by atoms with E-state index in [0.717, 1.165) is 70.4 Å². The summed E-state index contributed by atoms with van der Waals surface area (Å²) >= 11 is 0. The Balaban J connectivity index is 1.50. The number of nitrogens with zero attached hydrogens (tertiary/aromatic N) is 5. The van der Waals surface area contributed by atoms with Crippen LogP contribution in [0.1, 0.15) is 32.3 Å². The van der Waals surface area contributed by atoms with Crippen molar-refractivity contribution in [2.75, 3.05) is 64.4 Å². The maximum atomic E-state index is 12.0. The first-order valence-corrected chi connectivity index (χ1v) is 11.2. The van der Waals surface area contributed by atoms with Crippen molar-refractivity contribution in [3.8, 4) is 0 Å². The lowest BCUT2D eigenvalue weighted by Gasteiger charge is -2.35. The van der Waals surface area contributed by atoms with Crippen molar-refractivity contribution in [1.29, 1.82) is 0 Å². The van der Waals surface area contributed by atoms with Crippen LogP contribution in [0.2, 0.25) is 0 Å². The number of esters is 1. The van der Waals surface area contributed by atoms with Gasteiger partial charge >= 0.3 is 5.97 Å². The molecule has 0 atom stereocenters. The molecule has 8 heteroatoms. The van der Waals surface area contributed by atoms with Crippen molar-refractivity contribution >= 4 is 17.7 Å². The quantitative estimate of drug-likeness (QED) is 0.429. The highest BCUT2D eigenvalue weighted by Crippen LogP contribution is 2.19. The number of likely N-dealkylation sites (tertiary alicyclic amines) is 1. The highest BCUT2D eigenvalue weighted by atomic mass is 16.5. The molecule has 0 amide bonds. The molecule has 0 saturated carbocycles. The minimum Gasteiger partial charge on any atom is -0.466 e. The maximum Gasteiger partial charge on any atom is 0.309 e. The van der Waals surface area contributed by atoms with Crippen LogP contribution in [-0.4, -0.2) is 86.2 Å². The topological polar surface area (TPSA) is 73.3 Å². The summed E-state index contributed by atoms with van der Waals surface area (Å²) in [7, 11) is 1.81. The number of carbonyl (C=O) groups excluding carboxylic acids is 1. The molecule has 0 aromatic carbocycles. The van der Waals surface area contributed by atoms with E-state index in [1.54, 1.807) is 0 Å². The standard InChI is InChI=1S/C22H36N6O2/c1-4-26-12-14-27(15-13-26)20-16-18(6-9-24-20)17-25-22(23-3)28-10-7-19(8-11-28)21(29)30-5-2/h6,9,16,19H,4-5,7-8,10-15,17H2,1-3H3,(H,23,25). The van der Waals surface area contributed by atoms with Crippen molar-refractivity contribution in [1.82, 2.24) is 20.1 Å². The molecular weight excluding hydrogens is 380 g/mol. The van der Waals surface area contributed by atoms with Gasteiger partial charge in [-0.25, -0.2) is 4.98 Å². The number of carbonyl (C=O) groups is 1. The molecular formula is C22H36N6O2. The van der Waals surface area contributed by atoms with Crippen LogP contribution in [0.25, 0.3) is 0 Å². The van der Waals surface area contributed by atoms with Gasteiger partial charge in [-0.15, -0.1) is 0 Å². The fourth-order valence-electron chi connectivity index (χ4n) is 4.14. The Morgan fingerprint density at radius 1 is 1.20 bits per heavy atom. The van der Waals surface area contributed by atoms with E-state index >= 15 is 0 Å². The van der Waals surface area contributed by atoms with Crippen LogP contribution < -0.4 is 10.2 Å². The lowest BCUT2D eigenvalue weighted by atomic mass is 9.97.